The molecular formula is C19H20ClN5O4S2. The Balaban J connectivity index is 1.72. The van der Waals surface area contributed by atoms with E-state index in [2.05, 4.69) is 14.9 Å². The van der Waals surface area contributed by atoms with Crippen molar-refractivity contribution in [1.82, 2.24) is 19.5 Å². The Bertz CT molecular complexity index is 1170. The molecule has 0 unspecified atom stereocenters. The van der Waals surface area contributed by atoms with E-state index in [1.807, 2.05) is 11.5 Å². The first-order chi connectivity index (χ1) is 14.7. The molecule has 31 heavy (non-hydrogen) atoms. The third kappa shape index (κ3) is 5.62. The average Bonchev–Trinajstić information content (AvgIpc) is 3.15. The average molecular weight is 482 g/mol. The van der Waals surface area contributed by atoms with Gasteiger partial charge in [0.15, 0.2) is 11.0 Å². The normalized spacial score (nSPS) is 12.6. The van der Waals surface area contributed by atoms with Gasteiger partial charge in [-0.05, 0) is 43.7 Å². The van der Waals surface area contributed by atoms with Crippen LogP contribution >= 0.6 is 23.4 Å². The van der Waals surface area contributed by atoms with Crippen LogP contribution in [0.5, 0.6) is 0 Å². The van der Waals surface area contributed by atoms with Gasteiger partial charge in [-0.15, -0.1) is 10.2 Å². The highest BCUT2D eigenvalue weighted by Crippen LogP contribution is 2.26. The third-order valence-corrected chi connectivity index (χ3v) is 7.27. The van der Waals surface area contributed by atoms with Gasteiger partial charge in [-0.1, -0.05) is 35.5 Å². The van der Waals surface area contributed by atoms with E-state index in [0.717, 1.165) is 5.56 Å². The molecule has 1 atom stereocenters. The minimum atomic E-state index is -3.76. The van der Waals surface area contributed by atoms with Gasteiger partial charge in [0.2, 0.25) is 10.0 Å². The number of halogens is 1. The molecule has 0 aliphatic rings. The van der Waals surface area contributed by atoms with Crippen LogP contribution in [0, 0.1) is 10.1 Å². The molecule has 164 valence electrons. The Morgan fingerprint density at radius 1 is 1.16 bits per heavy atom. The molecule has 12 heteroatoms. The first-order valence-corrected chi connectivity index (χ1v) is 12.1. The van der Waals surface area contributed by atoms with Crippen LogP contribution in [-0.2, 0) is 22.3 Å². The zero-order chi connectivity index (χ0) is 22.6. The number of rotatable bonds is 9. The third-order valence-electron chi connectivity index (χ3n) is 4.42. The molecule has 1 N–H and O–H groups in total. The minimum Gasteiger partial charge on any atom is -0.305 e. The molecular weight excluding hydrogens is 462 g/mol. The summed E-state index contributed by atoms with van der Waals surface area (Å²) in [6.45, 7) is 4.18. The fourth-order valence-electron chi connectivity index (χ4n) is 2.85. The van der Waals surface area contributed by atoms with Crippen molar-refractivity contribution in [1.29, 1.82) is 0 Å². The van der Waals surface area contributed by atoms with Gasteiger partial charge in [-0.25, -0.2) is 13.1 Å². The van der Waals surface area contributed by atoms with Crippen molar-refractivity contribution in [2.45, 2.75) is 42.2 Å². The zero-order valence-corrected chi connectivity index (χ0v) is 19.1. The molecule has 0 aliphatic carbocycles. The summed E-state index contributed by atoms with van der Waals surface area (Å²) in [4.78, 5) is 10.4. The lowest BCUT2D eigenvalue weighted by Gasteiger charge is -2.15. The van der Waals surface area contributed by atoms with Crippen molar-refractivity contribution in [3.05, 3.63) is 75.1 Å². The number of benzene rings is 2. The van der Waals surface area contributed by atoms with Crippen molar-refractivity contribution in [3.63, 3.8) is 0 Å². The highest BCUT2D eigenvalue weighted by molar-refractivity contribution is 7.98. The van der Waals surface area contributed by atoms with Crippen LogP contribution < -0.4 is 4.72 Å². The van der Waals surface area contributed by atoms with E-state index in [9.17, 15) is 18.5 Å². The van der Waals surface area contributed by atoms with Crippen molar-refractivity contribution < 1.29 is 13.3 Å². The maximum absolute atomic E-state index is 12.7. The second kappa shape index (κ2) is 9.77. The van der Waals surface area contributed by atoms with Crippen molar-refractivity contribution >= 4 is 39.1 Å². The number of aromatic nitrogens is 3. The number of hydrogen-bond acceptors (Lipinski definition) is 7. The SMILES string of the molecule is CCn1c(SCc2ccc([N+](=O)[O-])cc2)nnc1[C@@H](C)NS(=O)(=O)c1ccc(Cl)cc1. The Kier molecular flexibility index (Phi) is 7.31. The van der Waals surface area contributed by atoms with Gasteiger partial charge in [0.05, 0.1) is 15.9 Å². The Morgan fingerprint density at radius 3 is 2.39 bits per heavy atom. The number of nitro benzene ring substituents is 1. The summed E-state index contributed by atoms with van der Waals surface area (Å²) in [6.07, 6.45) is 0. The van der Waals surface area contributed by atoms with Crippen molar-refractivity contribution in [2.24, 2.45) is 0 Å². The predicted molar refractivity (Wildman–Crippen MR) is 119 cm³/mol. The summed E-state index contributed by atoms with van der Waals surface area (Å²) >= 11 is 7.25. The standard InChI is InChI=1S/C19H20ClN5O4S2/c1-3-24-18(13(2)23-31(28,29)17-10-6-15(20)7-11-17)21-22-19(24)30-12-14-4-8-16(9-5-14)25(26)27/h4-11,13,23H,3,12H2,1-2H3/t13-/m1/s1. The van der Waals surface area contributed by atoms with Gasteiger partial charge >= 0.3 is 0 Å². The van der Waals surface area contributed by atoms with E-state index < -0.39 is 21.0 Å². The summed E-state index contributed by atoms with van der Waals surface area (Å²) < 4.78 is 29.8. The van der Waals surface area contributed by atoms with E-state index in [-0.39, 0.29) is 10.6 Å². The monoisotopic (exact) mass is 481 g/mol. The molecule has 0 radical (unpaired) electrons. The number of nitrogens with one attached hydrogen (secondary N) is 1. The quantitative estimate of drug-likeness (QED) is 0.276. The van der Waals surface area contributed by atoms with Crippen LogP contribution in [0.15, 0.2) is 58.6 Å². The number of hydrogen-bond donors (Lipinski definition) is 1. The predicted octanol–water partition coefficient (Wildman–Crippen LogP) is 4.19. The van der Waals surface area contributed by atoms with Crippen LogP contribution in [0.4, 0.5) is 5.69 Å². The summed E-state index contributed by atoms with van der Waals surface area (Å²) in [6, 6.07) is 11.6. The number of non-ortho nitro benzene ring substituents is 1. The highest BCUT2D eigenvalue weighted by atomic mass is 35.5. The fourth-order valence-corrected chi connectivity index (χ4v) is 5.15. The van der Waals surface area contributed by atoms with E-state index in [1.54, 1.807) is 19.1 Å². The van der Waals surface area contributed by atoms with Gasteiger partial charge in [-0.2, -0.15) is 0 Å². The molecule has 3 aromatic rings. The van der Waals surface area contributed by atoms with E-state index >= 15 is 0 Å². The first-order valence-electron chi connectivity index (χ1n) is 9.28. The Labute approximate surface area is 189 Å². The van der Waals surface area contributed by atoms with Gasteiger partial charge in [0, 0.05) is 29.5 Å². The molecule has 0 saturated heterocycles. The van der Waals surface area contributed by atoms with Gasteiger partial charge in [0.1, 0.15) is 0 Å². The zero-order valence-electron chi connectivity index (χ0n) is 16.7. The number of nitro groups is 1. The lowest BCUT2D eigenvalue weighted by molar-refractivity contribution is -0.384. The summed E-state index contributed by atoms with van der Waals surface area (Å²) in [5.74, 6) is 1.03. The van der Waals surface area contributed by atoms with Crippen LogP contribution in [0.25, 0.3) is 0 Å². The summed E-state index contributed by atoms with van der Waals surface area (Å²) in [5.41, 5.74) is 0.939. The smallest absolute Gasteiger partial charge is 0.269 e. The van der Waals surface area contributed by atoms with Crippen LogP contribution in [0.1, 0.15) is 31.3 Å². The van der Waals surface area contributed by atoms with Crippen molar-refractivity contribution in [3.8, 4) is 0 Å². The lowest BCUT2D eigenvalue weighted by atomic mass is 10.2. The summed E-state index contributed by atoms with van der Waals surface area (Å²) in [7, 11) is -3.76. The van der Waals surface area contributed by atoms with E-state index in [4.69, 9.17) is 11.6 Å². The van der Waals surface area contributed by atoms with Gasteiger partial charge in [-0.3, -0.25) is 10.1 Å². The molecule has 1 heterocycles. The second-order valence-corrected chi connectivity index (χ2v) is 9.69. The van der Waals surface area contributed by atoms with Crippen molar-refractivity contribution in [2.75, 3.05) is 0 Å². The maximum atomic E-state index is 12.7. The molecule has 1 aromatic heterocycles. The van der Waals surface area contributed by atoms with Crippen LogP contribution in [0.3, 0.4) is 0 Å². The number of sulfonamides is 1. The molecule has 3 rings (SSSR count). The topological polar surface area (TPSA) is 120 Å². The molecule has 0 spiro atoms. The molecule has 0 amide bonds. The first kappa shape index (κ1) is 23.2. The van der Waals surface area contributed by atoms with Crippen LogP contribution in [-0.4, -0.2) is 28.1 Å². The largest absolute Gasteiger partial charge is 0.305 e. The van der Waals surface area contributed by atoms with E-state index in [1.165, 1.54) is 48.2 Å². The molecule has 0 saturated carbocycles. The maximum Gasteiger partial charge on any atom is 0.269 e. The minimum absolute atomic E-state index is 0.0366. The molecule has 0 aliphatic heterocycles. The molecule has 9 nitrogen and oxygen atoms in total. The van der Waals surface area contributed by atoms with Gasteiger partial charge < -0.3 is 4.57 Å². The second-order valence-electron chi connectivity index (χ2n) is 6.59. The Hall–Kier alpha value is -2.47. The number of nitrogens with zero attached hydrogens (tertiary/aromatic N) is 4. The molecule has 0 fully saturated rings. The molecule has 0 bridgehead atoms. The van der Waals surface area contributed by atoms with Crippen LogP contribution in [0.2, 0.25) is 5.02 Å². The van der Waals surface area contributed by atoms with E-state index in [0.29, 0.717) is 28.3 Å². The fraction of sp³-hybridized carbons (Fsp3) is 0.263. The number of thioether (sulfide) groups is 1. The summed E-state index contributed by atoms with van der Waals surface area (Å²) in [5, 5.41) is 20.2. The van der Waals surface area contributed by atoms with Gasteiger partial charge in [0.25, 0.3) is 5.69 Å². The Morgan fingerprint density at radius 2 is 1.81 bits per heavy atom. The highest BCUT2D eigenvalue weighted by Gasteiger charge is 2.23. The lowest BCUT2D eigenvalue weighted by Crippen LogP contribution is -2.29. The molecule has 2 aromatic carbocycles.